The zero-order valence-corrected chi connectivity index (χ0v) is 19.5. The molecule has 6 nitrogen and oxygen atoms in total. The van der Waals surface area contributed by atoms with Crippen LogP contribution in [0.15, 0.2) is 89.6 Å². The van der Waals surface area contributed by atoms with Crippen LogP contribution >= 0.6 is 0 Å². The Kier molecular flexibility index (Phi) is 6.97. The number of carbonyl (C=O) groups is 2. The summed E-state index contributed by atoms with van der Waals surface area (Å²) >= 11 is 0. The molecule has 4 rings (SSSR count). The molecule has 3 aromatic rings. The minimum absolute atomic E-state index is 0.194. The van der Waals surface area contributed by atoms with Gasteiger partial charge in [0.25, 0.3) is 11.8 Å². The van der Waals surface area contributed by atoms with E-state index in [1.807, 2.05) is 12.2 Å². The first kappa shape index (κ1) is 24.2. The molecule has 2 atom stereocenters. The van der Waals surface area contributed by atoms with Gasteiger partial charge in [0.15, 0.2) is 0 Å². The monoisotopic (exact) mass is 493 g/mol. The number of aromatic nitrogens is 1. The molecule has 0 bridgehead atoms. The molecular weight excluding hydrogens is 472 g/mol. The van der Waals surface area contributed by atoms with E-state index >= 15 is 0 Å². The first-order chi connectivity index (χ1) is 16.7. The van der Waals surface area contributed by atoms with Crippen molar-refractivity contribution < 1.29 is 22.6 Å². The summed E-state index contributed by atoms with van der Waals surface area (Å²) in [6, 6.07) is 11.2. The number of amides is 2. The van der Waals surface area contributed by atoms with E-state index in [0.29, 0.717) is 23.2 Å². The average Bonchev–Trinajstić information content (AvgIpc) is 2.85. The Morgan fingerprint density at radius 3 is 2.40 bits per heavy atom. The minimum atomic E-state index is -2.79. The Bertz CT molecular complexity index is 1450. The second kappa shape index (κ2) is 10.1. The molecule has 0 spiro atoms. The predicted molar refractivity (Wildman–Crippen MR) is 131 cm³/mol. The molecule has 1 aliphatic carbocycles. The fourth-order valence-electron chi connectivity index (χ4n) is 3.54. The fourth-order valence-corrected chi connectivity index (χ4v) is 4.96. The molecule has 35 heavy (non-hydrogen) atoms. The van der Waals surface area contributed by atoms with Gasteiger partial charge in [-0.1, -0.05) is 42.5 Å². The van der Waals surface area contributed by atoms with Gasteiger partial charge in [-0.2, -0.15) is 4.36 Å². The van der Waals surface area contributed by atoms with Crippen molar-refractivity contribution in [2.24, 2.45) is 4.36 Å². The van der Waals surface area contributed by atoms with Crippen molar-refractivity contribution >= 4 is 27.2 Å². The van der Waals surface area contributed by atoms with E-state index in [4.69, 9.17) is 0 Å². The third-order valence-electron chi connectivity index (χ3n) is 5.42. The lowest BCUT2D eigenvalue weighted by molar-refractivity contribution is 0.0999. The third-order valence-corrected chi connectivity index (χ3v) is 7.42. The van der Waals surface area contributed by atoms with Crippen molar-refractivity contribution in [3.05, 3.63) is 108 Å². The van der Waals surface area contributed by atoms with E-state index in [1.54, 1.807) is 48.7 Å². The maximum absolute atomic E-state index is 13.8. The number of hydrogen-bond acceptors (Lipinski definition) is 4. The van der Waals surface area contributed by atoms with Crippen molar-refractivity contribution in [1.82, 2.24) is 4.98 Å². The van der Waals surface area contributed by atoms with Crippen LogP contribution in [0.5, 0.6) is 0 Å². The van der Waals surface area contributed by atoms with Gasteiger partial charge < -0.3 is 5.32 Å². The molecule has 1 heterocycles. The summed E-state index contributed by atoms with van der Waals surface area (Å²) in [5, 5.41) is 2.12. The van der Waals surface area contributed by atoms with Crippen LogP contribution in [-0.2, 0) is 9.73 Å². The van der Waals surface area contributed by atoms with Crippen molar-refractivity contribution in [1.29, 1.82) is 0 Å². The van der Waals surface area contributed by atoms with Gasteiger partial charge in [-0.3, -0.25) is 14.6 Å². The number of anilines is 1. The summed E-state index contributed by atoms with van der Waals surface area (Å²) in [7, 11) is -2.79. The first-order valence-corrected chi connectivity index (χ1v) is 12.6. The molecule has 1 aromatic heterocycles. The predicted octanol–water partition coefficient (Wildman–Crippen LogP) is 5.40. The summed E-state index contributed by atoms with van der Waals surface area (Å²) in [4.78, 5) is 29.1. The molecule has 0 aliphatic heterocycles. The molecule has 9 heteroatoms. The smallest absolute Gasteiger partial charge is 0.286 e. The highest BCUT2D eigenvalue weighted by Gasteiger charge is 2.19. The van der Waals surface area contributed by atoms with Crippen molar-refractivity contribution in [3.63, 3.8) is 0 Å². The summed E-state index contributed by atoms with van der Waals surface area (Å²) in [5.74, 6) is -3.44. The summed E-state index contributed by atoms with van der Waals surface area (Å²) in [6.07, 6.45) is 12.2. The summed E-state index contributed by atoms with van der Waals surface area (Å²) < 4.78 is 44.6. The van der Waals surface area contributed by atoms with Gasteiger partial charge in [0.1, 0.15) is 17.2 Å². The van der Waals surface area contributed by atoms with Crippen LogP contribution < -0.4 is 5.32 Å². The second-order valence-corrected chi connectivity index (χ2v) is 10.4. The number of allylic oxidation sites excluding steroid dienone is 3. The summed E-state index contributed by atoms with van der Waals surface area (Å²) in [5.41, 5.74) is 1.15. The normalized spacial score (nSPS) is 16.4. The highest BCUT2D eigenvalue weighted by molar-refractivity contribution is 7.94. The van der Waals surface area contributed by atoms with Crippen LogP contribution in [-0.4, -0.2) is 32.5 Å². The molecule has 1 aliphatic rings. The Labute approximate surface area is 201 Å². The van der Waals surface area contributed by atoms with Crippen LogP contribution in [0.2, 0.25) is 0 Å². The largest absolute Gasteiger partial charge is 0.322 e. The zero-order valence-electron chi connectivity index (χ0n) is 18.7. The van der Waals surface area contributed by atoms with Crippen LogP contribution in [0.25, 0.3) is 11.1 Å². The van der Waals surface area contributed by atoms with E-state index in [1.165, 1.54) is 18.5 Å². The molecule has 2 amide bonds. The van der Waals surface area contributed by atoms with Gasteiger partial charge in [0.05, 0.1) is 20.5 Å². The number of halogens is 2. The number of pyridine rings is 1. The van der Waals surface area contributed by atoms with Crippen molar-refractivity contribution in [3.8, 4) is 11.1 Å². The third kappa shape index (κ3) is 5.58. The lowest BCUT2D eigenvalue weighted by Crippen LogP contribution is -2.19. The molecule has 1 unspecified atom stereocenters. The van der Waals surface area contributed by atoms with Crippen LogP contribution in [0.4, 0.5) is 14.5 Å². The lowest BCUT2D eigenvalue weighted by atomic mass is 10.1. The fraction of sp³-hybridized carbons (Fsp3) is 0.115. The first-order valence-electron chi connectivity index (χ1n) is 10.6. The number of benzene rings is 2. The van der Waals surface area contributed by atoms with Crippen molar-refractivity contribution in [2.75, 3.05) is 11.6 Å². The highest BCUT2D eigenvalue weighted by Crippen LogP contribution is 2.23. The molecule has 1 N–H and O–H groups in total. The Morgan fingerprint density at radius 2 is 1.74 bits per heavy atom. The van der Waals surface area contributed by atoms with Gasteiger partial charge in [-0.15, -0.1) is 0 Å². The van der Waals surface area contributed by atoms with E-state index in [9.17, 15) is 22.6 Å². The Hall–Kier alpha value is -3.98. The molecule has 0 fully saturated rings. The molecule has 0 radical (unpaired) electrons. The van der Waals surface area contributed by atoms with Gasteiger partial charge in [0, 0.05) is 29.9 Å². The maximum Gasteiger partial charge on any atom is 0.286 e. The van der Waals surface area contributed by atoms with Crippen LogP contribution in [0, 0.1) is 11.6 Å². The lowest BCUT2D eigenvalue weighted by Gasteiger charge is -2.14. The number of carbonyl (C=O) groups excluding carboxylic acids is 2. The van der Waals surface area contributed by atoms with Gasteiger partial charge >= 0.3 is 0 Å². The van der Waals surface area contributed by atoms with E-state index in [0.717, 1.165) is 12.1 Å². The summed E-state index contributed by atoms with van der Waals surface area (Å²) in [6.45, 7) is 0. The van der Waals surface area contributed by atoms with E-state index in [2.05, 4.69) is 14.7 Å². The number of rotatable bonds is 5. The topological polar surface area (TPSA) is 88.5 Å². The SMILES string of the molecule is C[S@@](=O)(=NC(=O)c1cncc(-c2ccc(NC(=O)c3c(F)cccc3F)cc2)c1)C1C=CC=CC1. The van der Waals surface area contributed by atoms with E-state index < -0.39 is 38.7 Å². The Morgan fingerprint density at radius 1 is 1.03 bits per heavy atom. The average molecular weight is 494 g/mol. The molecule has 0 saturated carbocycles. The van der Waals surface area contributed by atoms with Gasteiger partial charge in [-0.25, -0.2) is 13.0 Å². The Balaban J connectivity index is 1.52. The van der Waals surface area contributed by atoms with Gasteiger partial charge in [-0.05, 0) is 42.3 Å². The van der Waals surface area contributed by atoms with Gasteiger partial charge in [0.2, 0.25) is 0 Å². The molecular formula is C26H21F2N3O3S. The maximum atomic E-state index is 13.8. The van der Waals surface area contributed by atoms with E-state index in [-0.39, 0.29) is 10.8 Å². The zero-order chi connectivity index (χ0) is 25.0. The molecule has 2 aromatic carbocycles. The number of nitrogens with one attached hydrogen (secondary N) is 1. The molecule has 0 saturated heterocycles. The minimum Gasteiger partial charge on any atom is -0.322 e. The highest BCUT2D eigenvalue weighted by atomic mass is 32.2. The van der Waals surface area contributed by atoms with Crippen molar-refractivity contribution in [2.45, 2.75) is 11.7 Å². The van der Waals surface area contributed by atoms with Crippen LogP contribution in [0.1, 0.15) is 27.1 Å². The van der Waals surface area contributed by atoms with Crippen LogP contribution in [0.3, 0.4) is 0 Å². The quantitative estimate of drug-likeness (QED) is 0.515. The number of nitrogens with zero attached hydrogens (tertiary/aromatic N) is 2. The standard InChI is InChI=1S/C26H21F2N3O3S/c1-35(34,21-6-3-2-4-7-21)31-25(32)19-14-18(15-29-16-19)17-10-12-20(13-11-17)30-26(33)24-22(27)8-5-9-23(24)28/h2-6,8-16,21H,7H2,1H3,(H,30,33)/t21?,35-/m0/s1. The second-order valence-electron chi connectivity index (χ2n) is 7.94. The number of hydrogen-bond donors (Lipinski definition) is 1. The molecule has 178 valence electrons.